The minimum atomic E-state index is -0.368. The molecule has 0 atom stereocenters. The van der Waals surface area contributed by atoms with Gasteiger partial charge in [-0.15, -0.1) is 0 Å². The summed E-state index contributed by atoms with van der Waals surface area (Å²) in [7, 11) is 1.56. The van der Waals surface area contributed by atoms with Crippen molar-refractivity contribution in [1.29, 1.82) is 0 Å². The summed E-state index contributed by atoms with van der Waals surface area (Å²) in [5.41, 5.74) is 3.79. The minimum absolute atomic E-state index is 0.109. The molecule has 0 fully saturated rings. The van der Waals surface area contributed by atoms with E-state index in [4.69, 9.17) is 9.47 Å². The number of rotatable bonds is 7. The van der Waals surface area contributed by atoms with E-state index >= 15 is 0 Å². The van der Waals surface area contributed by atoms with Crippen LogP contribution in [0.25, 0.3) is 0 Å². The summed E-state index contributed by atoms with van der Waals surface area (Å²) in [6.07, 6.45) is 0.842. The number of hydrogen-bond donors (Lipinski definition) is 2. The van der Waals surface area contributed by atoms with Crippen LogP contribution in [0.3, 0.4) is 0 Å². The van der Waals surface area contributed by atoms with E-state index in [9.17, 15) is 9.59 Å². The highest BCUT2D eigenvalue weighted by molar-refractivity contribution is 5.93. The molecule has 1 aromatic carbocycles. The number of aryl methyl sites for hydroxylation is 1. The van der Waals surface area contributed by atoms with Gasteiger partial charge in [-0.25, -0.2) is 4.79 Å². The third-order valence-corrected chi connectivity index (χ3v) is 4.06. The first-order chi connectivity index (χ1) is 12.0. The van der Waals surface area contributed by atoms with E-state index in [-0.39, 0.29) is 11.9 Å². The second-order valence-electron chi connectivity index (χ2n) is 5.70. The smallest absolute Gasteiger partial charge is 0.355 e. The van der Waals surface area contributed by atoms with Gasteiger partial charge in [-0.3, -0.25) is 4.79 Å². The van der Waals surface area contributed by atoms with E-state index < -0.39 is 0 Å². The van der Waals surface area contributed by atoms with Gasteiger partial charge in [0.25, 0.3) is 0 Å². The summed E-state index contributed by atoms with van der Waals surface area (Å²) < 4.78 is 10.3. The second kappa shape index (κ2) is 8.37. The normalized spacial score (nSPS) is 10.4. The Morgan fingerprint density at radius 1 is 1.20 bits per heavy atom. The summed E-state index contributed by atoms with van der Waals surface area (Å²) in [5, 5.41) is 2.85. The highest BCUT2D eigenvalue weighted by Crippen LogP contribution is 2.24. The van der Waals surface area contributed by atoms with Crippen LogP contribution in [0.15, 0.2) is 24.3 Å². The van der Waals surface area contributed by atoms with E-state index in [2.05, 4.69) is 10.3 Å². The van der Waals surface area contributed by atoms with Crippen LogP contribution in [0.5, 0.6) is 5.75 Å². The molecule has 1 heterocycles. The summed E-state index contributed by atoms with van der Waals surface area (Å²) in [4.78, 5) is 27.2. The number of para-hydroxylation sites is 2. The number of esters is 1. The number of aromatic nitrogens is 1. The number of carbonyl (C=O) groups is 2. The van der Waals surface area contributed by atoms with Gasteiger partial charge in [-0.1, -0.05) is 12.1 Å². The third-order valence-electron chi connectivity index (χ3n) is 4.06. The van der Waals surface area contributed by atoms with Gasteiger partial charge in [0.05, 0.1) is 19.4 Å². The van der Waals surface area contributed by atoms with Crippen molar-refractivity contribution in [3.8, 4) is 5.75 Å². The number of benzene rings is 1. The van der Waals surface area contributed by atoms with Crippen LogP contribution in [-0.2, 0) is 16.0 Å². The van der Waals surface area contributed by atoms with Gasteiger partial charge in [-0.05, 0) is 50.5 Å². The molecule has 1 amide bonds. The molecule has 6 nitrogen and oxygen atoms in total. The van der Waals surface area contributed by atoms with Crippen molar-refractivity contribution in [2.45, 2.75) is 33.6 Å². The molecule has 0 bridgehead atoms. The predicted molar refractivity (Wildman–Crippen MR) is 96.2 cm³/mol. The molecule has 0 unspecified atom stereocenters. The molecule has 2 N–H and O–H groups in total. The maximum Gasteiger partial charge on any atom is 0.355 e. The second-order valence-corrected chi connectivity index (χ2v) is 5.70. The average Bonchev–Trinajstić information content (AvgIpc) is 2.88. The molecule has 1 aromatic heterocycles. The Bertz CT molecular complexity index is 765. The first-order valence-corrected chi connectivity index (χ1v) is 8.25. The van der Waals surface area contributed by atoms with Crippen LogP contribution in [0.4, 0.5) is 5.69 Å². The fourth-order valence-electron chi connectivity index (χ4n) is 2.77. The quantitative estimate of drug-likeness (QED) is 0.755. The molecule has 2 aromatic rings. The Labute approximate surface area is 147 Å². The van der Waals surface area contributed by atoms with Gasteiger partial charge in [0.15, 0.2) is 0 Å². The minimum Gasteiger partial charge on any atom is -0.495 e. The molecule has 6 heteroatoms. The molecule has 25 heavy (non-hydrogen) atoms. The van der Waals surface area contributed by atoms with Crippen LogP contribution in [0.2, 0.25) is 0 Å². The van der Waals surface area contributed by atoms with Crippen molar-refractivity contribution in [3.05, 3.63) is 46.8 Å². The highest BCUT2D eigenvalue weighted by Gasteiger charge is 2.19. The van der Waals surface area contributed by atoms with Crippen LogP contribution >= 0.6 is 0 Å². The largest absolute Gasteiger partial charge is 0.495 e. The van der Waals surface area contributed by atoms with Crippen molar-refractivity contribution in [1.82, 2.24) is 4.98 Å². The molecule has 2 rings (SSSR count). The van der Waals surface area contributed by atoms with Crippen LogP contribution < -0.4 is 10.1 Å². The predicted octanol–water partition coefficient (Wildman–Crippen LogP) is 3.39. The number of carbonyl (C=O) groups excluding carboxylic acids is 2. The van der Waals surface area contributed by atoms with Gasteiger partial charge in [-0.2, -0.15) is 0 Å². The van der Waals surface area contributed by atoms with Gasteiger partial charge in [0.2, 0.25) is 5.91 Å². The van der Waals surface area contributed by atoms with Crippen LogP contribution in [0, 0.1) is 13.8 Å². The number of H-pyrrole nitrogens is 1. The molecule has 0 aliphatic heterocycles. The molecule has 0 spiro atoms. The van der Waals surface area contributed by atoms with Crippen molar-refractivity contribution in [2.75, 3.05) is 19.0 Å². The molecule has 134 valence electrons. The molecule has 0 aliphatic carbocycles. The lowest BCUT2D eigenvalue weighted by molar-refractivity contribution is -0.116. The fraction of sp³-hybridized carbons (Fsp3) is 0.368. The molecular weight excluding hydrogens is 320 g/mol. The standard InChI is InChI=1S/C19H24N2O4/c1-5-25-19(23)18-12(2)14(13(3)20-18)10-11-17(22)21-15-8-6-7-9-16(15)24-4/h6-9,20H,5,10-11H2,1-4H3,(H,21,22). The Morgan fingerprint density at radius 3 is 2.60 bits per heavy atom. The number of anilines is 1. The van der Waals surface area contributed by atoms with Gasteiger partial charge < -0.3 is 19.8 Å². The van der Waals surface area contributed by atoms with Gasteiger partial charge >= 0.3 is 5.97 Å². The molecule has 0 aliphatic rings. The van der Waals surface area contributed by atoms with Crippen LogP contribution in [-0.4, -0.2) is 30.6 Å². The number of hydrogen-bond acceptors (Lipinski definition) is 4. The lowest BCUT2D eigenvalue weighted by atomic mass is 10.0. The number of aromatic amines is 1. The van der Waals surface area contributed by atoms with Crippen molar-refractivity contribution >= 4 is 17.6 Å². The zero-order valence-electron chi connectivity index (χ0n) is 15.1. The maximum absolute atomic E-state index is 12.3. The van der Waals surface area contributed by atoms with Crippen molar-refractivity contribution in [2.24, 2.45) is 0 Å². The summed E-state index contributed by atoms with van der Waals surface area (Å²) in [6, 6.07) is 7.27. The Hall–Kier alpha value is -2.76. The number of methoxy groups -OCH3 is 1. The highest BCUT2D eigenvalue weighted by atomic mass is 16.5. The number of amides is 1. The SMILES string of the molecule is CCOC(=O)c1[nH]c(C)c(CCC(=O)Nc2ccccc2OC)c1C. The monoisotopic (exact) mass is 344 g/mol. The fourth-order valence-corrected chi connectivity index (χ4v) is 2.77. The topological polar surface area (TPSA) is 80.4 Å². The van der Waals surface area contributed by atoms with Crippen LogP contribution in [0.1, 0.15) is 40.7 Å². The lowest BCUT2D eigenvalue weighted by Crippen LogP contribution is -2.13. The van der Waals surface area contributed by atoms with Gasteiger partial charge in [0.1, 0.15) is 11.4 Å². The van der Waals surface area contributed by atoms with E-state index in [1.54, 1.807) is 26.2 Å². The Morgan fingerprint density at radius 2 is 1.92 bits per heavy atom. The summed E-state index contributed by atoms with van der Waals surface area (Å²) in [6.45, 7) is 5.85. The summed E-state index contributed by atoms with van der Waals surface area (Å²) in [5.74, 6) is 0.143. The average molecular weight is 344 g/mol. The Balaban J connectivity index is 2.03. The van der Waals surface area contributed by atoms with Gasteiger partial charge in [0, 0.05) is 12.1 Å². The van der Waals surface area contributed by atoms with Crippen molar-refractivity contribution < 1.29 is 19.1 Å². The summed E-state index contributed by atoms with van der Waals surface area (Å²) >= 11 is 0. The first kappa shape index (κ1) is 18.6. The third kappa shape index (κ3) is 4.41. The number of ether oxygens (including phenoxy) is 2. The van der Waals surface area contributed by atoms with E-state index in [0.29, 0.717) is 36.6 Å². The van der Waals surface area contributed by atoms with E-state index in [1.165, 1.54) is 0 Å². The molecule has 0 saturated heterocycles. The zero-order chi connectivity index (χ0) is 18.4. The molecule has 0 radical (unpaired) electrons. The van der Waals surface area contributed by atoms with E-state index in [1.807, 2.05) is 26.0 Å². The van der Waals surface area contributed by atoms with Crippen molar-refractivity contribution in [3.63, 3.8) is 0 Å². The lowest BCUT2D eigenvalue weighted by Gasteiger charge is -2.10. The first-order valence-electron chi connectivity index (χ1n) is 8.25. The molecular formula is C19H24N2O4. The zero-order valence-corrected chi connectivity index (χ0v) is 15.1. The maximum atomic E-state index is 12.3. The Kier molecular flexibility index (Phi) is 6.22. The molecule has 0 saturated carbocycles. The number of nitrogens with one attached hydrogen (secondary N) is 2. The van der Waals surface area contributed by atoms with E-state index in [0.717, 1.165) is 16.8 Å².